The molecule has 0 atom stereocenters. The van der Waals surface area contributed by atoms with Crippen LogP contribution in [0.3, 0.4) is 0 Å². The molecule has 0 bridgehead atoms. The van der Waals surface area contributed by atoms with Crippen molar-refractivity contribution in [1.29, 1.82) is 0 Å². The molecule has 0 unspecified atom stereocenters. The fourth-order valence-electron chi connectivity index (χ4n) is 2.18. The number of carbonyl (C=O) groups excluding carboxylic acids is 1. The van der Waals surface area contributed by atoms with Gasteiger partial charge in [0.05, 0.1) is 9.27 Å². The molecule has 3 rings (SSSR count). The molecule has 0 radical (unpaired) electrons. The van der Waals surface area contributed by atoms with Gasteiger partial charge in [-0.3, -0.25) is 0 Å². The van der Waals surface area contributed by atoms with Gasteiger partial charge in [-0.2, -0.15) is 4.99 Å². The van der Waals surface area contributed by atoms with Crippen molar-refractivity contribution in [3.63, 3.8) is 0 Å². The van der Waals surface area contributed by atoms with Crippen molar-refractivity contribution < 1.29 is 9.53 Å². The SMILES string of the molecule is CC1=N/C(=C(\I)c2ccccc2)N(c2cccc(Br)c2)C(=O)O1. The Labute approximate surface area is 156 Å². The van der Waals surface area contributed by atoms with Crippen LogP contribution in [0.1, 0.15) is 12.5 Å². The minimum Gasteiger partial charge on any atom is -0.395 e. The summed E-state index contributed by atoms with van der Waals surface area (Å²) < 4.78 is 6.95. The molecular formula is C17H12BrIN2O2. The summed E-state index contributed by atoms with van der Waals surface area (Å²) in [6.07, 6.45) is -0.462. The second-order valence-corrected chi connectivity index (χ2v) is 6.81. The molecular weight excluding hydrogens is 471 g/mol. The summed E-state index contributed by atoms with van der Waals surface area (Å²) >= 11 is 5.64. The van der Waals surface area contributed by atoms with Crippen LogP contribution in [0.4, 0.5) is 10.5 Å². The van der Waals surface area contributed by atoms with Crippen LogP contribution in [-0.2, 0) is 4.74 Å². The second-order valence-electron chi connectivity index (χ2n) is 4.82. The van der Waals surface area contributed by atoms with Crippen molar-refractivity contribution in [2.24, 2.45) is 4.99 Å². The molecule has 116 valence electrons. The summed E-state index contributed by atoms with van der Waals surface area (Å²) in [7, 11) is 0. The molecule has 1 heterocycles. The van der Waals surface area contributed by atoms with E-state index in [4.69, 9.17) is 4.74 Å². The molecule has 0 fully saturated rings. The summed E-state index contributed by atoms with van der Waals surface area (Å²) in [5.41, 5.74) is 1.69. The second kappa shape index (κ2) is 6.84. The van der Waals surface area contributed by atoms with Gasteiger partial charge in [-0.05, 0) is 46.4 Å². The number of hydrogen-bond acceptors (Lipinski definition) is 3. The zero-order valence-corrected chi connectivity index (χ0v) is 15.9. The first-order valence-electron chi connectivity index (χ1n) is 6.84. The van der Waals surface area contributed by atoms with E-state index in [0.717, 1.165) is 13.6 Å². The van der Waals surface area contributed by atoms with Gasteiger partial charge in [0.25, 0.3) is 0 Å². The smallest absolute Gasteiger partial charge is 0.395 e. The van der Waals surface area contributed by atoms with Crippen molar-refractivity contribution in [3.05, 3.63) is 70.5 Å². The minimum atomic E-state index is -0.462. The first-order valence-corrected chi connectivity index (χ1v) is 8.71. The normalized spacial score (nSPS) is 16.7. The van der Waals surface area contributed by atoms with Gasteiger partial charge in [-0.25, -0.2) is 9.69 Å². The number of aliphatic imine (C=N–C) groups is 1. The third-order valence-corrected chi connectivity index (χ3v) is 4.78. The third kappa shape index (κ3) is 3.48. The number of anilines is 1. The average Bonchev–Trinajstić information content (AvgIpc) is 2.54. The lowest BCUT2D eigenvalue weighted by Crippen LogP contribution is -2.36. The van der Waals surface area contributed by atoms with Crippen LogP contribution >= 0.6 is 38.5 Å². The predicted octanol–water partition coefficient (Wildman–Crippen LogP) is 5.59. The van der Waals surface area contributed by atoms with Gasteiger partial charge in [-0.1, -0.05) is 52.3 Å². The zero-order valence-electron chi connectivity index (χ0n) is 12.2. The van der Waals surface area contributed by atoms with Gasteiger partial charge in [0.1, 0.15) is 0 Å². The molecule has 23 heavy (non-hydrogen) atoms. The number of ether oxygens (including phenoxy) is 1. The Morgan fingerprint density at radius 2 is 1.91 bits per heavy atom. The van der Waals surface area contributed by atoms with E-state index in [1.165, 1.54) is 4.90 Å². The lowest BCUT2D eigenvalue weighted by atomic mass is 10.2. The largest absolute Gasteiger partial charge is 0.426 e. The molecule has 6 heteroatoms. The highest BCUT2D eigenvalue weighted by Crippen LogP contribution is 2.34. The molecule has 0 aliphatic carbocycles. The third-order valence-electron chi connectivity index (χ3n) is 3.18. The molecule has 0 aromatic heterocycles. The van der Waals surface area contributed by atoms with Gasteiger partial charge < -0.3 is 4.74 Å². The first-order chi connectivity index (χ1) is 11.1. The van der Waals surface area contributed by atoms with Crippen LogP contribution in [0, 0.1) is 0 Å². The van der Waals surface area contributed by atoms with Crippen molar-refractivity contribution in [1.82, 2.24) is 0 Å². The Bertz CT molecular complexity index is 818. The van der Waals surface area contributed by atoms with Crippen LogP contribution in [0.5, 0.6) is 0 Å². The summed E-state index contributed by atoms with van der Waals surface area (Å²) in [5, 5.41) is 0. The van der Waals surface area contributed by atoms with Crippen molar-refractivity contribution in [3.8, 4) is 0 Å². The number of rotatable bonds is 2. The molecule has 0 spiro atoms. The van der Waals surface area contributed by atoms with Crippen molar-refractivity contribution >= 4 is 59.8 Å². The van der Waals surface area contributed by atoms with E-state index in [1.807, 2.05) is 54.6 Å². The topological polar surface area (TPSA) is 41.9 Å². The number of benzene rings is 2. The van der Waals surface area contributed by atoms with Gasteiger partial charge in [0.15, 0.2) is 11.7 Å². The summed E-state index contributed by atoms with van der Waals surface area (Å²) in [6, 6.07) is 17.3. The highest BCUT2D eigenvalue weighted by Gasteiger charge is 2.29. The Balaban J connectivity index is 2.18. The quantitative estimate of drug-likeness (QED) is 0.524. The van der Waals surface area contributed by atoms with E-state index in [2.05, 4.69) is 43.5 Å². The van der Waals surface area contributed by atoms with E-state index < -0.39 is 6.09 Å². The number of hydrogen-bond donors (Lipinski definition) is 0. The van der Waals surface area contributed by atoms with Crippen molar-refractivity contribution in [2.45, 2.75) is 6.92 Å². The number of cyclic esters (lactones) is 1. The Hall–Kier alpha value is -1.67. The number of amides is 1. The Morgan fingerprint density at radius 3 is 2.61 bits per heavy atom. The van der Waals surface area contributed by atoms with Gasteiger partial charge in [0, 0.05) is 11.4 Å². The Kier molecular flexibility index (Phi) is 4.82. The molecule has 4 nitrogen and oxygen atoms in total. The monoisotopic (exact) mass is 482 g/mol. The zero-order chi connectivity index (χ0) is 16.4. The minimum absolute atomic E-state index is 0.335. The number of nitrogens with zero attached hydrogens (tertiary/aromatic N) is 2. The fourth-order valence-corrected chi connectivity index (χ4v) is 3.29. The van der Waals surface area contributed by atoms with E-state index >= 15 is 0 Å². The maximum atomic E-state index is 12.4. The Morgan fingerprint density at radius 1 is 1.17 bits per heavy atom. The predicted molar refractivity (Wildman–Crippen MR) is 104 cm³/mol. The number of halogens is 2. The summed E-state index contributed by atoms with van der Waals surface area (Å²) in [5.74, 6) is 0.894. The summed E-state index contributed by atoms with van der Waals surface area (Å²) in [6.45, 7) is 1.67. The molecule has 0 N–H and O–H groups in total. The van der Waals surface area contributed by atoms with Crippen LogP contribution in [0.2, 0.25) is 0 Å². The molecule has 0 saturated heterocycles. The maximum Gasteiger partial charge on any atom is 0.426 e. The van der Waals surface area contributed by atoms with Gasteiger partial charge in [0.2, 0.25) is 0 Å². The fraction of sp³-hybridized carbons (Fsp3) is 0.0588. The molecule has 1 aliphatic heterocycles. The van der Waals surface area contributed by atoms with E-state index in [9.17, 15) is 4.79 Å². The van der Waals surface area contributed by atoms with E-state index in [1.54, 1.807) is 6.92 Å². The standard InChI is InChI=1S/C17H12BrIN2O2/c1-11-20-16(15(19)12-6-3-2-4-7-12)21(17(22)23-11)14-9-5-8-13(18)10-14/h2-10H,1H3/b16-15+. The highest BCUT2D eigenvalue weighted by molar-refractivity contribution is 14.1. The molecule has 2 aromatic carbocycles. The molecule has 2 aromatic rings. The van der Waals surface area contributed by atoms with E-state index in [-0.39, 0.29) is 0 Å². The molecule has 1 aliphatic rings. The average molecular weight is 483 g/mol. The molecule has 0 saturated carbocycles. The number of carbonyl (C=O) groups is 1. The lowest BCUT2D eigenvalue weighted by Gasteiger charge is -2.27. The van der Waals surface area contributed by atoms with Crippen LogP contribution in [0.15, 0.2) is 69.9 Å². The molecule has 1 amide bonds. The van der Waals surface area contributed by atoms with Crippen molar-refractivity contribution in [2.75, 3.05) is 4.90 Å². The first kappa shape index (κ1) is 16.2. The van der Waals surface area contributed by atoms with Crippen LogP contribution in [-0.4, -0.2) is 12.0 Å². The van der Waals surface area contributed by atoms with Crippen LogP contribution in [0.25, 0.3) is 3.58 Å². The maximum absolute atomic E-state index is 12.4. The highest BCUT2D eigenvalue weighted by atomic mass is 127. The van der Waals surface area contributed by atoms with E-state index in [0.29, 0.717) is 17.4 Å². The summed E-state index contributed by atoms with van der Waals surface area (Å²) in [4.78, 5) is 18.4. The van der Waals surface area contributed by atoms with Gasteiger partial charge in [-0.15, -0.1) is 0 Å². The van der Waals surface area contributed by atoms with Crippen LogP contribution < -0.4 is 4.90 Å². The lowest BCUT2D eigenvalue weighted by molar-refractivity contribution is 0.203. The van der Waals surface area contributed by atoms with Gasteiger partial charge >= 0.3 is 6.09 Å².